The molecule has 3 N–H and O–H groups in total. The zero-order valence-electron chi connectivity index (χ0n) is 9.60. The van der Waals surface area contributed by atoms with Gasteiger partial charge < -0.3 is 10.4 Å². The number of rotatable bonds is 6. The third-order valence-corrected chi connectivity index (χ3v) is 3.81. The van der Waals surface area contributed by atoms with Gasteiger partial charge in [-0.2, -0.15) is 0 Å². The van der Waals surface area contributed by atoms with Crippen molar-refractivity contribution in [3.05, 3.63) is 28.8 Å². The van der Waals surface area contributed by atoms with Crippen molar-refractivity contribution in [1.29, 1.82) is 0 Å². The maximum Gasteiger partial charge on any atom is 0.337 e. The predicted octanol–water partition coefficient (Wildman–Crippen LogP) is 0.999. The van der Waals surface area contributed by atoms with Crippen molar-refractivity contribution >= 4 is 33.3 Å². The van der Waals surface area contributed by atoms with Gasteiger partial charge in [0.15, 0.2) is 0 Å². The first-order valence-corrected chi connectivity index (χ1v) is 7.06. The molecule has 0 amide bonds. The SMILES string of the molecule is CNS(=O)(=O)CCNc1ccc(Cl)cc1C(=O)O. The summed E-state index contributed by atoms with van der Waals surface area (Å²) in [5.41, 5.74) is 0.336. The lowest BCUT2D eigenvalue weighted by Crippen LogP contribution is -2.26. The van der Waals surface area contributed by atoms with Gasteiger partial charge in [0.2, 0.25) is 10.0 Å². The molecule has 100 valence electrons. The van der Waals surface area contributed by atoms with Crippen molar-refractivity contribution in [2.75, 3.05) is 24.7 Å². The monoisotopic (exact) mass is 292 g/mol. The second-order valence-corrected chi connectivity index (χ2v) is 5.93. The first kappa shape index (κ1) is 14.7. The fourth-order valence-corrected chi connectivity index (χ4v) is 2.02. The normalized spacial score (nSPS) is 11.2. The van der Waals surface area contributed by atoms with Gasteiger partial charge in [-0.05, 0) is 25.2 Å². The molecule has 0 bridgehead atoms. The van der Waals surface area contributed by atoms with E-state index in [-0.39, 0.29) is 17.9 Å². The van der Waals surface area contributed by atoms with Gasteiger partial charge in [0, 0.05) is 17.3 Å². The first-order chi connectivity index (χ1) is 8.35. The van der Waals surface area contributed by atoms with Crippen LogP contribution in [0.1, 0.15) is 10.4 Å². The summed E-state index contributed by atoms with van der Waals surface area (Å²) in [5, 5.41) is 12.0. The smallest absolute Gasteiger partial charge is 0.337 e. The molecule has 0 radical (unpaired) electrons. The van der Waals surface area contributed by atoms with Crippen molar-refractivity contribution in [2.24, 2.45) is 0 Å². The van der Waals surface area contributed by atoms with Gasteiger partial charge in [-0.15, -0.1) is 0 Å². The highest BCUT2D eigenvalue weighted by Crippen LogP contribution is 2.20. The van der Waals surface area contributed by atoms with Gasteiger partial charge >= 0.3 is 5.97 Å². The highest BCUT2D eigenvalue weighted by molar-refractivity contribution is 7.89. The number of benzene rings is 1. The van der Waals surface area contributed by atoms with E-state index < -0.39 is 16.0 Å². The third kappa shape index (κ3) is 4.17. The molecule has 1 aromatic rings. The average molecular weight is 293 g/mol. The quantitative estimate of drug-likeness (QED) is 0.727. The lowest BCUT2D eigenvalue weighted by molar-refractivity contribution is 0.0698. The van der Waals surface area contributed by atoms with E-state index in [1.54, 1.807) is 0 Å². The molecule has 0 spiro atoms. The lowest BCUT2D eigenvalue weighted by Gasteiger charge is -2.09. The van der Waals surface area contributed by atoms with Crippen LogP contribution in [0, 0.1) is 0 Å². The number of nitrogens with one attached hydrogen (secondary N) is 2. The Morgan fingerprint density at radius 1 is 1.44 bits per heavy atom. The fraction of sp³-hybridized carbons (Fsp3) is 0.300. The second kappa shape index (κ2) is 6.03. The van der Waals surface area contributed by atoms with Crippen LogP contribution in [0.15, 0.2) is 18.2 Å². The van der Waals surface area contributed by atoms with Crippen LogP contribution in [0.3, 0.4) is 0 Å². The zero-order valence-corrected chi connectivity index (χ0v) is 11.2. The van der Waals surface area contributed by atoms with E-state index >= 15 is 0 Å². The first-order valence-electron chi connectivity index (χ1n) is 5.03. The van der Waals surface area contributed by atoms with E-state index in [0.717, 1.165) is 0 Å². The molecule has 0 atom stereocenters. The Bertz CT molecular complexity index is 545. The topological polar surface area (TPSA) is 95.5 Å². The minimum absolute atomic E-state index is 0.00403. The van der Waals surface area contributed by atoms with Crippen LogP contribution in [0.2, 0.25) is 5.02 Å². The van der Waals surface area contributed by atoms with E-state index in [9.17, 15) is 13.2 Å². The molecule has 0 aliphatic heterocycles. The van der Waals surface area contributed by atoms with Gasteiger partial charge in [-0.3, -0.25) is 0 Å². The molecule has 18 heavy (non-hydrogen) atoms. The summed E-state index contributed by atoms with van der Waals surface area (Å²) in [6, 6.07) is 4.33. The standard InChI is InChI=1S/C10H13ClN2O4S/c1-12-18(16,17)5-4-13-9-3-2-7(11)6-8(9)10(14)15/h2-3,6,12-13H,4-5H2,1H3,(H,14,15). The zero-order chi connectivity index (χ0) is 13.8. The number of halogens is 1. The number of hydrogen-bond acceptors (Lipinski definition) is 4. The Labute approximate surface area is 110 Å². The molecule has 0 aliphatic carbocycles. The predicted molar refractivity (Wildman–Crippen MR) is 69.7 cm³/mol. The Hall–Kier alpha value is -1.31. The molecule has 0 unspecified atom stereocenters. The minimum atomic E-state index is -3.32. The van der Waals surface area contributed by atoms with E-state index in [1.165, 1.54) is 25.2 Å². The van der Waals surface area contributed by atoms with Gasteiger partial charge in [0.1, 0.15) is 0 Å². The van der Waals surface area contributed by atoms with Crippen molar-refractivity contribution in [3.63, 3.8) is 0 Å². The number of aromatic carboxylic acids is 1. The molecule has 0 heterocycles. The van der Waals surface area contributed by atoms with Crippen LogP contribution in [-0.4, -0.2) is 38.8 Å². The Morgan fingerprint density at radius 3 is 2.67 bits per heavy atom. The number of hydrogen-bond donors (Lipinski definition) is 3. The molecule has 0 saturated carbocycles. The Balaban J connectivity index is 2.77. The van der Waals surface area contributed by atoms with Crippen molar-refractivity contribution in [2.45, 2.75) is 0 Å². The summed E-state index contributed by atoms with van der Waals surface area (Å²) < 4.78 is 24.5. The number of carbonyl (C=O) groups is 1. The van der Waals surface area contributed by atoms with Crippen LogP contribution in [0.5, 0.6) is 0 Å². The fourth-order valence-electron chi connectivity index (χ4n) is 1.27. The molecule has 0 saturated heterocycles. The van der Waals surface area contributed by atoms with Gasteiger partial charge in [-0.25, -0.2) is 17.9 Å². The molecule has 0 fully saturated rings. The van der Waals surface area contributed by atoms with Crippen LogP contribution < -0.4 is 10.0 Å². The number of carboxylic acids is 1. The Morgan fingerprint density at radius 2 is 2.11 bits per heavy atom. The minimum Gasteiger partial charge on any atom is -0.478 e. The van der Waals surface area contributed by atoms with Crippen LogP contribution in [-0.2, 0) is 10.0 Å². The third-order valence-electron chi connectivity index (χ3n) is 2.21. The summed E-state index contributed by atoms with van der Waals surface area (Å²) in [6.07, 6.45) is 0. The van der Waals surface area contributed by atoms with E-state index in [2.05, 4.69) is 10.0 Å². The van der Waals surface area contributed by atoms with E-state index in [1.807, 2.05) is 0 Å². The van der Waals surface area contributed by atoms with Gasteiger partial charge in [-0.1, -0.05) is 11.6 Å². The largest absolute Gasteiger partial charge is 0.478 e. The average Bonchev–Trinajstić information content (AvgIpc) is 2.30. The van der Waals surface area contributed by atoms with Gasteiger partial charge in [0.25, 0.3) is 0 Å². The van der Waals surface area contributed by atoms with E-state index in [0.29, 0.717) is 10.7 Å². The molecule has 1 rings (SSSR count). The van der Waals surface area contributed by atoms with E-state index in [4.69, 9.17) is 16.7 Å². The molecular weight excluding hydrogens is 280 g/mol. The highest BCUT2D eigenvalue weighted by Gasteiger charge is 2.12. The lowest BCUT2D eigenvalue weighted by atomic mass is 10.2. The number of sulfonamides is 1. The summed E-state index contributed by atoms with van der Waals surface area (Å²) in [6.45, 7) is 0.102. The van der Waals surface area contributed by atoms with Crippen LogP contribution in [0.25, 0.3) is 0 Å². The maximum atomic E-state index is 11.2. The van der Waals surface area contributed by atoms with Crippen molar-refractivity contribution in [3.8, 4) is 0 Å². The summed E-state index contributed by atoms with van der Waals surface area (Å²) in [7, 11) is -2.00. The van der Waals surface area contributed by atoms with Crippen molar-refractivity contribution < 1.29 is 18.3 Å². The molecular formula is C10H13ClN2O4S. The van der Waals surface area contributed by atoms with Crippen LogP contribution >= 0.6 is 11.6 Å². The molecule has 1 aromatic carbocycles. The summed E-state index contributed by atoms with van der Waals surface area (Å²) in [4.78, 5) is 11.0. The second-order valence-electron chi connectivity index (χ2n) is 3.44. The summed E-state index contributed by atoms with van der Waals surface area (Å²) in [5.74, 6) is -1.28. The Kier molecular flexibility index (Phi) is 4.94. The van der Waals surface area contributed by atoms with Crippen molar-refractivity contribution in [1.82, 2.24) is 4.72 Å². The maximum absolute atomic E-state index is 11.2. The number of carboxylic acid groups (broad SMARTS) is 1. The molecule has 0 aliphatic rings. The van der Waals surface area contributed by atoms with Gasteiger partial charge in [0.05, 0.1) is 11.3 Å². The number of anilines is 1. The van der Waals surface area contributed by atoms with Crippen LogP contribution in [0.4, 0.5) is 5.69 Å². The summed E-state index contributed by atoms with van der Waals surface area (Å²) >= 11 is 5.69. The molecule has 6 nitrogen and oxygen atoms in total. The molecule has 0 aromatic heterocycles. The highest BCUT2D eigenvalue weighted by atomic mass is 35.5. The molecule has 8 heteroatoms.